The molecule has 0 heterocycles. The second kappa shape index (κ2) is 5.36. The lowest BCUT2D eigenvalue weighted by Crippen LogP contribution is -1.90. The molecule has 72 valence electrons. The Balaban J connectivity index is -0.0000000457. The van der Waals surface area contributed by atoms with Gasteiger partial charge in [0.25, 0.3) is 0 Å². The van der Waals surface area contributed by atoms with Crippen molar-refractivity contribution in [3.63, 3.8) is 0 Å². The molecule has 0 saturated heterocycles. The largest absolute Gasteiger partial charge is 1.00 e. The predicted octanol–water partition coefficient (Wildman–Crippen LogP) is -1.37. The zero-order valence-corrected chi connectivity index (χ0v) is 6.54. The molecule has 0 atom stereocenters. The van der Waals surface area contributed by atoms with Gasteiger partial charge < -0.3 is 10.7 Å². The molecular formula is H7NO8S2. The van der Waals surface area contributed by atoms with E-state index in [1.54, 1.807) is 0 Å². The summed E-state index contributed by atoms with van der Waals surface area (Å²) in [6.45, 7) is 0. The third kappa shape index (κ3) is 6390. The fourth-order valence-corrected chi connectivity index (χ4v) is 0. The summed E-state index contributed by atoms with van der Waals surface area (Å²) in [6.07, 6.45) is 0. The third-order valence-electron chi connectivity index (χ3n) is 0. The Morgan fingerprint density at radius 3 is 1.00 bits per heavy atom. The first-order chi connectivity index (χ1) is 4.00. The van der Waals surface area contributed by atoms with Crippen molar-refractivity contribution in [2.45, 2.75) is 0 Å². The van der Waals surface area contributed by atoms with E-state index in [9.17, 15) is 0 Å². The van der Waals surface area contributed by atoms with Crippen molar-refractivity contribution >= 4 is 20.8 Å². The van der Waals surface area contributed by atoms with Gasteiger partial charge in [-0.25, -0.2) is 8.42 Å². The first kappa shape index (κ1) is 17.0. The average Bonchev–Trinajstić information content (AvgIpc) is 1.12. The topological polar surface area (TPSA) is 187 Å². The summed E-state index contributed by atoms with van der Waals surface area (Å²) in [4.78, 5) is 0. The van der Waals surface area contributed by atoms with Gasteiger partial charge in [0.05, 0.1) is 0 Å². The van der Waals surface area contributed by atoms with Gasteiger partial charge in [-0.2, -0.15) is 8.42 Å². The second-order valence-electron chi connectivity index (χ2n) is 0.876. The molecule has 0 aliphatic carbocycles. The van der Waals surface area contributed by atoms with Gasteiger partial charge in [-0.3, -0.25) is 13.7 Å². The average molecular weight is 213 g/mol. The molecule has 0 aromatic rings. The second-order valence-corrected chi connectivity index (χ2v) is 2.63. The van der Waals surface area contributed by atoms with Gasteiger partial charge >= 0.3 is 11.8 Å². The monoisotopic (exact) mass is 213 g/mol. The molecule has 0 radical (unpaired) electrons. The van der Waals surface area contributed by atoms with Gasteiger partial charge in [-0.15, -0.1) is 0 Å². The molecule has 0 rings (SSSR count). The predicted molar refractivity (Wildman–Crippen MR) is 32.6 cm³/mol. The van der Waals surface area contributed by atoms with Crippen LogP contribution in [0.3, 0.4) is 0 Å². The maximum Gasteiger partial charge on any atom is 1.00 e. The lowest BCUT2D eigenvalue weighted by Gasteiger charge is -1.88. The van der Waals surface area contributed by atoms with E-state index in [0.29, 0.717) is 0 Å². The lowest BCUT2D eigenvalue weighted by molar-refractivity contribution is 0.366. The van der Waals surface area contributed by atoms with Crippen LogP contribution < -0.4 is 6.15 Å². The van der Waals surface area contributed by atoms with E-state index in [1.807, 2.05) is 0 Å². The van der Waals surface area contributed by atoms with Crippen molar-refractivity contribution in [1.29, 1.82) is 0 Å². The Morgan fingerprint density at radius 1 is 1.00 bits per heavy atom. The van der Waals surface area contributed by atoms with E-state index < -0.39 is 20.8 Å². The van der Waals surface area contributed by atoms with Gasteiger partial charge in [-0.05, 0) is 0 Å². The molecule has 0 spiro atoms. The van der Waals surface area contributed by atoms with Crippen molar-refractivity contribution in [3.8, 4) is 0 Å². The van der Waals surface area contributed by atoms with E-state index in [2.05, 4.69) is 0 Å². The minimum atomic E-state index is -4.92. The normalized spacial score (nSPS) is 10.5. The quantitative estimate of drug-likeness (QED) is 0.277. The standard InChI is InChI=1S/H3N.2H2O4S/c;2*1-5(2,3)4/h1H3;2*(H2,1,2,3,4). The molecule has 0 aliphatic heterocycles. The summed E-state index contributed by atoms with van der Waals surface area (Å²) in [7, 11) is -9.58. The molecule has 0 fully saturated rings. The Morgan fingerprint density at radius 2 is 1.00 bits per heavy atom. The van der Waals surface area contributed by atoms with Crippen LogP contribution in [0.1, 0.15) is 1.43 Å². The fourth-order valence-electron chi connectivity index (χ4n) is 0. The molecule has 0 saturated carbocycles. The summed E-state index contributed by atoms with van der Waals surface area (Å²) in [5.41, 5.74) is 0. The van der Waals surface area contributed by atoms with Gasteiger partial charge in [0.2, 0.25) is 10.4 Å². The highest BCUT2D eigenvalue weighted by Gasteiger charge is 1.84. The fraction of sp³-hybridized carbons (Fsp3) is 0. The van der Waals surface area contributed by atoms with E-state index in [-0.39, 0.29) is 7.58 Å². The zero-order valence-electron chi connectivity index (χ0n) is 5.91. The maximum atomic E-state index is 8.74. The van der Waals surface area contributed by atoms with Crippen LogP contribution in [0.15, 0.2) is 0 Å². The molecule has 6 N–H and O–H groups in total. The highest BCUT2D eigenvalue weighted by molar-refractivity contribution is 7.80. The first-order valence-electron chi connectivity index (χ1n) is 1.38. The number of hydrogen-bond donors (Lipinski definition) is 4. The van der Waals surface area contributed by atoms with E-state index in [1.165, 1.54) is 0 Å². The molecule has 0 bridgehead atoms. The molecule has 0 aromatic heterocycles. The van der Waals surface area contributed by atoms with Crippen LogP contribution in [0.2, 0.25) is 0 Å². The summed E-state index contributed by atoms with van der Waals surface area (Å²) in [5.74, 6) is 0. The minimum absolute atomic E-state index is 0. The minimum Gasteiger partial charge on any atom is -0.726 e. The Hall–Kier alpha value is -0.300. The Labute approximate surface area is 64.3 Å². The van der Waals surface area contributed by atoms with Crippen LogP contribution in [0.25, 0.3) is 0 Å². The van der Waals surface area contributed by atoms with Crippen LogP contribution in [0.5, 0.6) is 0 Å². The van der Waals surface area contributed by atoms with Crippen LogP contribution in [-0.2, 0) is 20.8 Å². The van der Waals surface area contributed by atoms with Crippen LogP contribution in [0, 0.1) is 0 Å². The number of hydrogen-bond acceptors (Lipinski definition) is 6. The summed E-state index contributed by atoms with van der Waals surface area (Å²) < 4.78 is 64.4. The van der Waals surface area contributed by atoms with Crippen molar-refractivity contribution in [2.24, 2.45) is 0 Å². The maximum absolute atomic E-state index is 8.74. The summed E-state index contributed by atoms with van der Waals surface area (Å²) in [6, 6.07) is 0. The van der Waals surface area contributed by atoms with Gasteiger partial charge in [0, 0.05) is 0 Å². The van der Waals surface area contributed by atoms with E-state index in [4.69, 9.17) is 35.0 Å². The third-order valence-corrected chi connectivity index (χ3v) is 0. The summed E-state index contributed by atoms with van der Waals surface area (Å²) >= 11 is 0. The molecule has 9 nitrogen and oxygen atoms in total. The molecule has 11 heavy (non-hydrogen) atoms. The molecule has 0 unspecified atom stereocenters. The van der Waals surface area contributed by atoms with E-state index in [0.717, 1.165) is 0 Å². The molecule has 0 aliphatic rings. The van der Waals surface area contributed by atoms with Gasteiger partial charge in [0.1, 0.15) is 0 Å². The number of rotatable bonds is 0. The van der Waals surface area contributed by atoms with Crippen molar-refractivity contribution in [1.82, 2.24) is 6.15 Å². The molecule has 0 amide bonds. The summed E-state index contributed by atoms with van der Waals surface area (Å²) in [5, 5.41) is 0. The highest BCUT2D eigenvalue weighted by atomic mass is 32.3. The van der Waals surface area contributed by atoms with E-state index >= 15 is 0 Å². The smallest absolute Gasteiger partial charge is 0.726 e. The van der Waals surface area contributed by atoms with Crippen molar-refractivity contribution in [3.05, 3.63) is 0 Å². The van der Waals surface area contributed by atoms with Gasteiger partial charge in [0.15, 0.2) is 0 Å². The first-order valence-corrected chi connectivity index (χ1v) is 4.14. The van der Waals surface area contributed by atoms with Crippen LogP contribution in [0.4, 0.5) is 0 Å². The van der Waals surface area contributed by atoms with Gasteiger partial charge in [-0.1, -0.05) is 0 Å². The Kier molecular flexibility index (Phi) is 8.28. The highest BCUT2D eigenvalue weighted by Crippen LogP contribution is 1.59. The SMILES string of the molecule is N.O=S(=O)(O)O.O=S(=O)([O-])O.[H+]. The van der Waals surface area contributed by atoms with Crippen LogP contribution in [-0.4, -0.2) is 35.0 Å². The molecular weight excluding hydrogens is 206 g/mol. The Bertz CT molecular complexity index is 213. The van der Waals surface area contributed by atoms with Crippen molar-refractivity contribution < 1.29 is 36.5 Å². The lowest BCUT2D eigenvalue weighted by atomic mass is 14.0. The zero-order chi connectivity index (χ0) is 9.00. The van der Waals surface area contributed by atoms with Crippen LogP contribution >= 0.6 is 0 Å². The van der Waals surface area contributed by atoms with Crippen molar-refractivity contribution in [2.75, 3.05) is 0 Å². The molecule has 11 heteroatoms. The molecule has 0 aromatic carbocycles.